The van der Waals surface area contributed by atoms with Crippen LogP contribution in [0.2, 0.25) is 10.0 Å². The maximum Gasteiger partial charge on any atom is 0.277 e. The van der Waals surface area contributed by atoms with E-state index in [-0.39, 0.29) is 34.8 Å². The van der Waals surface area contributed by atoms with Crippen LogP contribution in [-0.4, -0.2) is 36.8 Å². The second kappa shape index (κ2) is 12.4. The van der Waals surface area contributed by atoms with Gasteiger partial charge in [0.25, 0.3) is 20.0 Å². The number of rotatable bonds is 10. The smallest absolute Gasteiger partial charge is 0.277 e. The Balaban J connectivity index is 1.81. The van der Waals surface area contributed by atoms with Crippen molar-refractivity contribution in [2.45, 2.75) is 9.79 Å². The third-order valence-electron chi connectivity index (χ3n) is 5.85. The largest absolute Gasteiger partial charge is 0.497 e. The normalized spacial score (nSPS) is 11.8. The molecule has 0 saturated heterocycles. The van der Waals surface area contributed by atoms with Gasteiger partial charge < -0.3 is 9.47 Å². The van der Waals surface area contributed by atoms with E-state index in [1.807, 2.05) is 0 Å². The van der Waals surface area contributed by atoms with Gasteiger partial charge in [0.05, 0.1) is 29.7 Å². The number of nitrogens with zero attached hydrogens (tertiary/aromatic N) is 1. The van der Waals surface area contributed by atoms with Crippen molar-refractivity contribution in [3.8, 4) is 11.5 Å². The SMILES string of the molecule is COc1ccc(OC)c(/C=C/C(=O)c2cccc(N(S(=O)(=O)c3ccc(Cl)cc3)S(=O)(=O)c3ccc(Cl)cc3)c2)c1. The molecular formula is C29H23Cl2NO7S2. The first-order valence-electron chi connectivity index (χ1n) is 11.8. The summed E-state index contributed by atoms with van der Waals surface area (Å²) in [6.07, 6.45) is 2.78. The van der Waals surface area contributed by atoms with E-state index < -0.39 is 25.8 Å². The Morgan fingerprint density at radius 1 is 0.732 bits per heavy atom. The van der Waals surface area contributed by atoms with Gasteiger partial charge in [-0.3, -0.25) is 4.79 Å². The molecule has 0 atom stereocenters. The van der Waals surface area contributed by atoms with E-state index in [2.05, 4.69) is 0 Å². The molecule has 4 rings (SSSR count). The van der Waals surface area contributed by atoms with E-state index >= 15 is 0 Å². The third-order valence-corrected chi connectivity index (χ3v) is 10.6. The lowest BCUT2D eigenvalue weighted by atomic mass is 10.1. The minimum absolute atomic E-state index is 0.0447. The van der Waals surface area contributed by atoms with Crippen molar-refractivity contribution in [1.82, 2.24) is 0 Å². The number of ketones is 1. The molecule has 0 heterocycles. The lowest BCUT2D eigenvalue weighted by Gasteiger charge is -2.24. The molecule has 0 bridgehead atoms. The molecule has 0 saturated carbocycles. The number of anilines is 1. The van der Waals surface area contributed by atoms with Crippen LogP contribution in [0.3, 0.4) is 0 Å². The molecule has 12 heteroatoms. The van der Waals surface area contributed by atoms with Crippen LogP contribution in [0.5, 0.6) is 11.5 Å². The lowest BCUT2D eigenvalue weighted by molar-refractivity contribution is 0.104. The minimum atomic E-state index is -4.71. The Labute approximate surface area is 248 Å². The topological polar surface area (TPSA) is 107 Å². The molecule has 0 unspecified atom stereocenters. The summed E-state index contributed by atoms with van der Waals surface area (Å²) in [5.41, 5.74) is 0.338. The number of carbonyl (C=O) groups excluding carboxylic acids is 1. The first-order chi connectivity index (χ1) is 19.5. The lowest BCUT2D eigenvalue weighted by Crippen LogP contribution is -2.37. The first kappa shape index (κ1) is 30.1. The molecular weight excluding hydrogens is 609 g/mol. The summed E-state index contributed by atoms with van der Waals surface area (Å²) in [5.74, 6) is 0.540. The number of ether oxygens (including phenoxy) is 2. The molecule has 0 aliphatic heterocycles. The fraction of sp³-hybridized carbons (Fsp3) is 0.0690. The van der Waals surface area contributed by atoms with E-state index in [0.717, 1.165) is 0 Å². The fourth-order valence-corrected chi connectivity index (χ4v) is 7.74. The maximum atomic E-state index is 13.8. The zero-order valence-corrected chi connectivity index (χ0v) is 24.8. The molecule has 0 aliphatic rings. The number of hydrogen-bond acceptors (Lipinski definition) is 7. The van der Waals surface area contributed by atoms with E-state index in [0.29, 0.717) is 17.1 Å². The molecule has 0 aliphatic carbocycles. The van der Waals surface area contributed by atoms with Gasteiger partial charge in [-0.1, -0.05) is 35.3 Å². The van der Waals surface area contributed by atoms with Crippen molar-refractivity contribution in [1.29, 1.82) is 0 Å². The van der Waals surface area contributed by atoms with Crippen molar-refractivity contribution >= 4 is 60.8 Å². The maximum absolute atomic E-state index is 13.8. The number of hydrogen-bond donors (Lipinski definition) is 0. The molecule has 41 heavy (non-hydrogen) atoms. The standard InChI is InChI=1S/C29H23Cl2NO7S2/c1-38-25-11-17-29(39-2)21(19-25)6-16-28(33)20-4-3-5-24(18-20)32(40(34,35)26-12-7-22(30)8-13-26)41(36,37)27-14-9-23(31)10-15-27/h3-19H,1-2H3/b16-6+. The fourth-order valence-electron chi connectivity index (χ4n) is 3.82. The van der Waals surface area contributed by atoms with Gasteiger partial charge >= 0.3 is 0 Å². The summed E-state index contributed by atoms with van der Waals surface area (Å²) in [6.45, 7) is 0. The molecule has 0 spiro atoms. The zero-order valence-electron chi connectivity index (χ0n) is 21.7. The second-order valence-electron chi connectivity index (χ2n) is 8.47. The van der Waals surface area contributed by atoms with E-state index in [4.69, 9.17) is 32.7 Å². The summed E-state index contributed by atoms with van der Waals surface area (Å²) in [4.78, 5) is 12.5. The highest BCUT2D eigenvalue weighted by atomic mass is 35.5. The molecule has 0 aromatic heterocycles. The van der Waals surface area contributed by atoms with Gasteiger partial charge in [0.2, 0.25) is 0 Å². The number of carbonyl (C=O) groups is 1. The summed E-state index contributed by atoms with van der Waals surface area (Å²) in [5, 5.41) is 0.534. The number of methoxy groups -OCH3 is 2. The van der Waals surface area contributed by atoms with Crippen molar-refractivity contribution in [3.63, 3.8) is 0 Å². The van der Waals surface area contributed by atoms with Gasteiger partial charge in [0.15, 0.2) is 5.78 Å². The van der Waals surface area contributed by atoms with Gasteiger partial charge in [0, 0.05) is 21.2 Å². The molecule has 212 valence electrons. The van der Waals surface area contributed by atoms with Gasteiger partial charge in [-0.05, 0) is 91.0 Å². The Hall–Kier alpha value is -3.83. The summed E-state index contributed by atoms with van der Waals surface area (Å²) < 4.78 is 66.1. The van der Waals surface area contributed by atoms with Gasteiger partial charge in [-0.2, -0.15) is 3.71 Å². The average Bonchev–Trinajstić information content (AvgIpc) is 2.96. The van der Waals surface area contributed by atoms with Crippen LogP contribution >= 0.6 is 23.2 Å². The molecule has 4 aromatic carbocycles. The van der Waals surface area contributed by atoms with Crippen LogP contribution in [0.25, 0.3) is 6.08 Å². The molecule has 0 amide bonds. The van der Waals surface area contributed by atoms with Crippen molar-refractivity contribution in [2.24, 2.45) is 0 Å². The quantitative estimate of drug-likeness (QED) is 0.145. The minimum Gasteiger partial charge on any atom is -0.497 e. The molecule has 0 fully saturated rings. The zero-order chi connectivity index (χ0) is 29.8. The van der Waals surface area contributed by atoms with Crippen LogP contribution in [0, 0.1) is 0 Å². The number of allylic oxidation sites excluding steroid dienone is 1. The monoisotopic (exact) mass is 631 g/mol. The highest BCUT2D eigenvalue weighted by Gasteiger charge is 2.37. The third kappa shape index (κ3) is 6.57. The number of halogens is 2. The molecule has 4 aromatic rings. The van der Waals surface area contributed by atoms with Crippen LogP contribution in [0.4, 0.5) is 5.69 Å². The highest BCUT2D eigenvalue weighted by molar-refractivity contribution is 8.10. The Kier molecular flexibility index (Phi) is 9.08. The van der Waals surface area contributed by atoms with Gasteiger partial charge in [-0.25, -0.2) is 16.8 Å². The van der Waals surface area contributed by atoms with E-state index in [1.165, 1.54) is 99.2 Å². The molecule has 0 N–H and O–H groups in total. The van der Waals surface area contributed by atoms with Crippen LogP contribution < -0.4 is 13.2 Å². The van der Waals surface area contributed by atoms with Crippen LogP contribution in [0.15, 0.2) is 107 Å². The first-order valence-corrected chi connectivity index (χ1v) is 15.5. The number of sulfonamides is 2. The predicted molar refractivity (Wildman–Crippen MR) is 159 cm³/mol. The second-order valence-corrected chi connectivity index (χ2v) is 13.1. The van der Waals surface area contributed by atoms with E-state index in [9.17, 15) is 21.6 Å². The van der Waals surface area contributed by atoms with Crippen LogP contribution in [-0.2, 0) is 20.0 Å². The Morgan fingerprint density at radius 2 is 1.29 bits per heavy atom. The predicted octanol–water partition coefficient (Wildman–Crippen LogP) is 6.49. The van der Waals surface area contributed by atoms with Crippen molar-refractivity contribution < 1.29 is 31.1 Å². The van der Waals surface area contributed by atoms with Crippen molar-refractivity contribution in [2.75, 3.05) is 17.9 Å². The Morgan fingerprint density at radius 3 is 1.80 bits per heavy atom. The van der Waals surface area contributed by atoms with Gasteiger partial charge in [-0.15, -0.1) is 0 Å². The number of benzene rings is 4. The summed E-state index contributed by atoms with van der Waals surface area (Å²) >= 11 is 11.9. The summed E-state index contributed by atoms with van der Waals surface area (Å²) in [7, 11) is -6.42. The molecule has 0 radical (unpaired) electrons. The highest BCUT2D eigenvalue weighted by Crippen LogP contribution is 2.33. The van der Waals surface area contributed by atoms with E-state index in [1.54, 1.807) is 18.2 Å². The van der Waals surface area contributed by atoms with Crippen molar-refractivity contribution in [3.05, 3.63) is 118 Å². The van der Waals surface area contributed by atoms with Gasteiger partial charge in [0.1, 0.15) is 11.5 Å². The average molecular weight is 633 g/mol. The summed E-state index contributed by atoms with van der Waals surface area (Å²) in [6, 6.07) is 20.5. The molecule has 8 nitrogen and oxygen atoms in total. The Bertz CT molecular complexity index is 1750. The van der Waals surface area contributed by atoms with Crippen LogP contribution in [0.1, 0.15) is 15.9 Å².